The zero-order valence-electron chi connectivity index (χ0n) is 15.5. The van der Waals surface area contributed by atoms with Crippen LogP contribution in [0.1, 0.15) is 29.3 Å². The van der Waals surface area contributed by atoms with Crippen molar-refractivity contribution in [2.45, 2.75) is 36.4 Å². The Kier molecular flexibility index (Phi) is 5.30. The summed E-state index contributed by atoms with van der Waals surface area (Å²) in [4.78, 5) is 0. The molecule has 0 radical (unpaired) electrons. The number of sulfonamides is 1. The van der Waals surface area contributed by atoms with Gasteiger partial charge in [-0.05, 0) is 49.9 Å². The van der Waals surface area contributed by atoms with Crippen LogP contribution in [-0.4, -0.2) is 24.2 Å². The van der Waals surface area contributed by atoms with E-state index in [2.05, 4.69) is 33.7 Å². The van der Waals surface area contributed by atoms with E-state index >= 15 is 0 Å². The molecule has 146 valence electrons. The molecule has 3 aromatic rings. The van der Waals surface area contributed by atoms with Crippen molar-refractivity contribution < 1.29 is 8.42 Å². The number of aryl methyl sites for hydroxylation is 1. The summed E-state index contributed by atoms with van der Waals surface area (Å²) in [7, 11) is -3.48. The van der Waals surface area contributed by atoms with Crippen LogP contribution < -0.4 is 4.72 Å². The number of thiophene rings is 1. The molecule has 0 saturated carbocycles. The van der Waals surface area contributed by atoms with Gasteiger partial charge in [0.1, 0.15) is 4.21 Å². The van der Waals surface area contributed by atoms with E-state index < -0.39 is 10.0 Å². The number of aromatic nitrogens is 2. The highest BCUT2D eigenvalue weighted by atomic mass is 79.9. The Bertz CT molecular complexity index is 1130. The molecule has 0 saturated heterocycles. The Labute approximate surface area is 177 Å². The number of benzene rings is 1. The van der Waals surface area contributed by atoms with Gasteiger partial charge in [0.25, 0.3) is 10.0 Å². The highest BCUT2D eigenvalue weighted by molar-refractivity contribution is 9.10. The van der Waals surface area contributed by atoms with E-state index in [0.29, 0.717) is 10.6 Å². The number of nitrogens with zero attached hydrogens (tertiary/aromatic N) is 2. The Morgan fingerprint density at radius 2 is 2.04 bits per heavy atom. The van der Waals surface area contributed by atoms with Gasteiger partial charge < -0.3 is 0 Å². The van der Waals surface area contributed by atoms with Crippen LogP contribution in [0, 0.1) is 13.8 Å². The maximum absolute atomic E-state index is 12.5. The fourth-order valence-corrected chi connectivity index (χ4v) is 6.33. The summed E-state index contributed by atoms with van der Waals surface area (Å²) in [5, 5.41) is 6.50. The Hall–Kier alpha value is -1.74. The van der Waals surface area contributed by atoms with Gasteiger partial charge in [-0.25, -0.2) is 17.8 Å². The monoisotopic (exact) mass is 477 g/mol. The second-order valence-electron chi connectivity index (χ2n) is 6.86. The minimum absolute atomic E-state index is 0.136. The van der Waals surface area contributed by atoms with E-state index in [4.69, 9.17) is 5.10 Å². The molecule has 1 aliphatic rings. The molecule has 2 heterocycles. The first-order valence-electron chi connectivity index (χ1n) is 8.91. The zero-order valence-corrected chi connectivity index (χ0v) is 18.7. The third-order valence-corrected chi connectivity index (χ3v) is 8.30. The first kappa shape index (κ1) is 19.6. The predicted octanol–water partition coefficient (Wildman–Crippen LogP) is 4.70. The van der Waals surface area contributed by atoms with Gasteiger partial charge in [-0.15, -0.1) is 11.3 Å². The highest BCUT2D eigenvalue weighted by Gasteiger charge is 2.29. The van der Waals surface area contributed by atoms with Crippen LogP contribution in [-0.2, 0) is 10.0 Å². The van der Waals surface area contributed by atoms with Gasteiger partial charge in [-0.1, -0.05) is 40.2 Å². The minimum Gasteiger partial charge on any atom is -0.238 e. The van der Waals surface area contributed by atoms with E-state index in [-0.39, 0.29) is 12.0 Å². The predicted molar refractivity (Wildman–Crippen MR) is 116 cm³/mol. The van der Waals surface area contributed by atoms with Gasteiger partial charge >= 0.3 is 0 Å². The lowest BCUT2D eigenvalue weighted by atomic mass is 9.96. The summed E-state index contributed by atoms with van der Waals surface area (Å²) in [6, 6.07) is 11.2. The Morgan fingerprint density at radius 1 is 1.21 bits per heavy atom. The van der Waals surface area contributed by atoms with Crippen molar-refractivity contribution in [3.05, 3.63) is 75.4 Å². The molecule has 0 spiro atoms. The van der Waals surface area contributed by atoms with Crippen LogP contribution in [0.15, 0.2) is 62.6 Å². The maximum Gasteiger partial charge on any atom is 0.250 e. The van der Waals surface area contributed by atoms with Crippen LogP contribution in [0.25, 0.3) is 5.69 Å². The van der Waals surface area contributed by atoms with E-state index in [0.717, 1.165) is 27.1 Å². The zero-order chi connectivity index (χ0) is 19.9. The molecule has 2 atom stereocenters. The fraction of sp³-hybridized carbons (Fsp3) is 0.250. The van der Waals surface area contributed by atoms with Crippen LogP contribution >= 0.6 is 27.3 Å². The summed E-state index contributed by atoms with van der Waals surface area (Å²) in [5.41, 5.74) is 4.20. The van der Waals surface area contributed by atoms with Crippen LogP contribution in [0.2, 0.25) is 0 Å². The van der Waals surface area contributed by atoms with E-state index in [1.54, 1.807) is 17.5 Å². The average molecular weight is 478 g/mol. The lowest BCUT2D eigenvalue weighted by Gasteiger charge is -2.14. The lowest BCUT2D eigenvalue weighted by Crippen LogP contribution is -2.32. The molecule has 0 amide bonds. The standard InChI is InChI=1S/C20H20BrN3O2S2/c1-13-20(14(2)24(22-13)18-6-3-5-16(21)12-18)15-8-9-17(11-15)23-28(25,26)19-7-4-10-27-19/h3-10,12,15,17,23H,11H2,1-2H3/t15-,17+/m0/s1. The fourth-order valence-electron chi connectivity index (χ4n) is 3.72. The van der Waals surface area contributed by atoms with Gasteiger partial charge in [0.15, 0.2) is 0 Å². The molecule has 5 nitrogen and oxygen atoms in total. The molecule has 1 aromatic carbocycles. The second-order valence-corrected chi connectivity index (χ2v) is 10.7. The summed E-state index contributed by atoms with van der Waals surface area (Å²) in [6.07, 6.45) is 4.73. The molecular weight excluding hydrogens is 458 g/mol. The van der Waals surface area contributed by atoms with Gasteiger partial charge in [0, 0.05) is 27.7 Å². The average Bonchev–Trinajstić information content (AvgIpc) is 3.36. The highest BCUT2D eigenvalue weighted by Crippen LogP contribution is 2.34. The molecular formula is C20H20BrN3O2S2. The number of hydrogen-bond donors (Lipinski definition) is 1. The topological polar surface area (TPSA) is 64.0 Å². The molecule has 2 aromatic heterocycles. The van der Waals surface area contributed by atoms with E-state index in [9.17, 15) is 8.42 Å². The summed E-state index contributed by atoms with van der Waals surface area (Å²) in [5.74, 6) is 0.136. The van der Waals surface area contributed by atoms with Crippen molar-refractivity contribution in [3.63, 3.8) is 0 Å². The second kappa shape index (κ2) is 7.59. The third kappa shape index (κ3) is 3.74. The Balaban J connectivity index is 1.56. The van der Waals surface area contributed by atoms with Gasteiger partial charge in [0.05, 0.1) is 11.4 Å². The summed E-state index contributed by atoms with van der Waals surface area (Å²) >= 11 is 4.74. The summed E-state index contributed by atoms with van der Waals surface area (Å²) < 4.78 is 31.1. The molecule has 8 heteroatoms. The molecule has 1 aliphatic carbocycles. The van der Waals surface area contributed by atoms with Gasteiger partial charge in [-0.3, -0.25) is 0 Å². The normalized spacial score (nSPS) is 19.4. The summed E-state index contributed by atoms with van der Waals surface area (Å²) in [6.45, 7) is 4.07. The van der Waals surface area contributed by atoms with Gasteiger partial charge in [0.2, 0.25) is 0 Å². The molecule has 1 N–H and O–H groups in total. The molecule has 0 bridgehead atoms. The molecule has 28 heavy (non-hydrogen) atoms. The third-order valence-electron chi connectivity index (χ3n) is 4.92. The number of halogens is 1. The van der Waals surface area contributed by atoms with Crippen LogP contribution in [0.5, 0.6) is 0 Å². The first-order valence-corrected chi connectivity index (χ1v) is 12.1. The Morgan fingerprint density at radius 3 is 2.75 bits per heavy atom. The number of nitrogens with one attached hydrogen (secondary N) is 1. The van der Waals surface area contributed by atoms with Crippen molar-refractivity contribution in [2.24, 2.45) is 0 Å². The lowest BCUT2D eigenvalue weighted by molar-refractivity contribution is 0.565. The molecule has 4 rings (SSSR count). The van der Waals surface area contributed by atoms with Crippen molar-refractivity contribution in [3.8, 4) is 5.69 Å². The van der Waals surface area contributed by atoms with Crippen LogP contribution in [0.3, 0.4) is 0 Å². The molecule has 0 fully saturated rings. The smallest absolute Gasteiger partial charge is 0.238 e. The number of allylic oxidation sites excluding steroid dienone is 1. The largest absolute Gasteiger partial charge is 0.250 e. The van der Waals surface area contributed by atoms with Crippen molar-refractivity contribution in [2.75, 3.05) is 0 Å². The minimum atomic E-state index is -3.48. The van der Waals surface area contributed by atoms with Gasteiger partial charge in [-0.2, -0.15) is 5.10 Å². The molecule has 0 aliphatic heterocycles. The van der Waals surface area contributed by atoms with Crippen molar-refractivity contribution in [1.29, 1.82) is 0 Å². The van der Waals surface area contributed by atoms with E-state index in [1.165, 1.54) is 11.3 Å². The van der Waals surface area contributed by atoms with E-state index in [1.807, 2.05) is 41.9 Å². The van der Waals surface area contributed by atoms with Crippen molar-refractivity contribution in [1.82, 2.24) is 14.5 Å². The van der Waals surface area contributed by atoms with Crippen LogP contribution in [0.4, 0.5) is 0 Å². The quantitative estimate of drug-likeness (QED) is 0.541. The molecule has 0 unspecified atom stereocenters. The number of rotatable bonds is 5. The maximum atomic E-state index is 12.5. The van der Waals surface area contributed by atoms with Crippen molar-refractivity contribution >= 4 is 37.3 Å². The SMILES string of the molecule is Cc1nn(-c2cccc(Br)c2)c(C)c1[C@H]1C=C[C@@H](NS(=O)(=O)c2cccs2)C1. The number of hydrogen-bond acceptors (Lipinski definition) is 4. The first-order chi connectivity index (χ1) is 13.3.